The molecule has 6 atom stereocenters. The van der Waals surface area contributed by atoms with E-state index in [2.05, 4.69) is 56.6 Å². The smallest absolute Gasteiger partial charge is 0.254 e. The van der Waals surface area contributed by atoms with Crippen LogP contribution in [0, 0.1) is 12.8 Å². The first-order valence-electron chi connectivity index (χ1n) is 24.7. The average molecular weight is 960 g/mol. The zero-order valence-electron chi connectivity index (χ0n) is 40.0. The molecule has 5 aromatic rings. The number of likely N-dealkylation sites (tertiary alicyclic amines) is 3. The van der Waals surface area contributed by atoms with Gasteiger partial charge in [0.25, 0.3) is 5.88 Å². The molecule has 0 spiro atoms. The number of ether oxygens (including phenoxy) is 1. The summed E-state index contributed by atoms with van der Waals surface area (Å²) >= 11 is 1.60. The summed E-state index contributed by atoms with van der Waals surface area (Å²) in [5.74, 6) is 0.300. The van der Waals surface area contributed by atoms with Crippen LogP contribution in [0.4, 0.5) is 11.5 Å². The van der Waals surface area contributed by atoms with E-state index in [4.69, 9.17) is 9.26 Å². The molecule has 5 aliphatic heterocycles. The van der Waals surface area contributed by atoms with E-state index in [0.717, 1.165) is 105 Å². The summed E-state index contributed by atoms with van der Waals surface area (Å²) in [7, 11) is 0. The Labute approximate surface area is 407 Å². The second kappa shape index (κ2) is 20.4. The SMILES string of the molecule is Cc1ncsc1-c1ccc([C@H](C)NC(=O)[C@@H]2C[C@@H](O)CN2C(=O)[C@@H](c2cc(OCCN3CCC(N4CC[C@H](N5CCN6c7cc(-c8ccccc8O)nnc7NC[C@@H]6C5)C4)CC3)no2)C(C)C)cc1. The second-order valence-corrected chi connectivity index (χ2v) is 20.7. The number of aliphatic hydroxyl groups is 1. The molecular formula is C51H65N11O6S. The zero-order chi connectivity index (χ0) is 47.8. The number of β-amino-alcohol motifs (C(OH)–C–C–N with tert-alkyl or cyclic N) is 1. The predicted molar refractivity (Wildman–Crippen MR) is 264 cm³/mol. The van der Waals surface area contributed by atoms with Gasteiger partial charge in [-0.2, -0.15) is 0 Å². The molecular weight excluding hydrogens is 895 g/mol. The molecule has 2 amide bonds. The fourth-order valence-corrected chi connectivity index (χ4v) is 12.1. The molecule has 0 bridgehead atoms. The summed E-state index contributed by atoms with van der Waals surface area (Å²) in [6, 6.07) is 19.5. The maximum absolute atomic E-state index is 14.3. The Bertz CT molecular complexity index is 2580. The Balaban J connectivity index is 0.668. The molecule has 366 valence electrons. The number of aromatic nitrogens is 4. The lowest BCUT2D eigenvalue weighted by Gasteiger charge is -2.47. The third-order valence-electron chi connectivity index (χ3n) is 15.1. The van der Waals surface area contributed by atoms with Crippen molar-refractivity contribution in [1.82, 2.24) is 45.3 Å². The molecule has 0 aliphatic carbocycles. The minimum Gasteiger partial charge on any atom is -0.507 e. The van der Waals surface area contributed by atoms with Crippen molar-refractivity contribution in [2.45, 2.75) is 95.6 Å². The fraction of sp³-hybridized carbons (Fsp3) is 0.529. The Morgan fingerprint density at radius 1 is 0.928 bits per heavy atom. The highest BCUT2D eigenvalue weighted by Gasteiger charge is 2.44. The van der Waals surface area contributed by atoms with Crippen molar-refractivity contribution in [3.63, 3.8) is 0 Å². The van der Waals surface area contributed by atoms with Crippen LogP contribution in [0.5, 0.6) is 11.6 Å². The number of para-hydroxylation sites is 1. The number of aromatic hydroxyl groups is 1. The molecule has 4 saturated heterocycles. The number of carbonyl (C=O) groups excluding carboxylic acids is 2. The van der Waals surface area contributed by atoms with E-state index in [0.29, 0.717) is 47.6 Å². The van der Waals surface area contributed by atoms with Crippen LogP contribution >= 0.6 is 11.3 Å². The van der Waals surface area contributed by atoms with Crippen molar-refractivity contribution in [1.29, 1.82) is 0 Å². The molecule has 0 saturated carbocycles. The number of anilines is 2. The highest BCUT2D eigenvalue weighted by atomic mass is 32.1. The van der Waals surface area contributed by atoms with Gasteiger partial charge < -0.3 is 39.9 Å². The number of rotatable bonds is 14. The molecule has 8 heterocycles. The molecule has 0 unspecified atom stereocenters. The van der Waals surface area contributed by atoms with Crippen LogP contribution in [0.25, 0.3) is 21.7 Å². The van der Waals surface area contributed by atoms with Crippen LogP contribution in [0.15, 0.2) is 70.7 Å². The van der Waals surface area contributed by atoms with Gasteiger partial charge in [-0.05, 0) is 86.6 Å². The molecule has 69 heavy (non-hydrogen) atoms. The molecule has 4 N–H and O–H groups in total. The third kappa shape index (κ3) is 10.0. The van der Waals surface area contributed by atoms with Gasteiger partial charge in [-0.15, -0.1) is 21.5 Å². The number of amides is 2. The van der Waals surface area contributed by atoms with Gasteiger partial charge in [-0.25, -0.2) is 4.98 Å². The maximum atomic E-state index is 14.3. The van der Waals surface area contributed by atoms with Crippen molar-refractivity contribution >= 4 is 34.7 Å². The Kier molecular flexibility index (Phi) is 13.9. The largest absolute Gasteiger partial charge is 0.507 e. The topological polar surface area (TPSA) is 189 Å². The molecule has 5 aliphatic rings. The first-order chi connectivity index (χ1) is 33.5. The van der Waals surface area contributed by atoms with E-state index in [1.54, 1.807) is 23.5 Å². The normalized spacial score (nSPS) is 23.4. The van der Waals surface area contributed by atoms with E-state index in [1.165, 1.54) is 11.3 Å². The van der Waals surface area contributed by atoms with Gasteiger partial charge in [-0.3, -0.25) is 24.3 Å². The van der Waals surface area contributed by atoms with Gasteiger partial charge in [0.2, 0.25) is 11.8 Å². The number of phenols is 1. The molecule has 4 fully saturated rings. The highest BCUT2D eigenvalue weighted by Crippen LogP contribution is 2.38. The maximum Gasteiger partial charge on any atom is 0.254 e. The summed E-state index contributed by atoms with van der Waals surface area (Å²) in [6.07, 6.45) is 2.79. The van der Waals surface area contributed by atoms with E-state index in [-0.39, 0.29) is 42.5 Å². The number of fused-ring (bicyclic) bond motifs is 3. The number of nitrogens with zero attached hydrogens (tertiary/aromatic N) is 9. The number of piperazine rings is 1. The number of thiazole rings is 1. The van der Waals surface area contributed by atoms with E-state index in [9.17, 15) is 19.8 Å². The van der Waals surface area contributed by atoms with Gasteiger partial charge in [0, 0.05) is 82.5 Å². The lowest BCUT2D eigenvalue weighted by atomic mass is 9.91. The van der Waals surface area contributed by atoms with Gasteiger partial charge in [0.1, 0.15) is 24.3 Å². The molecule has 17 nitrogen and oxygen atoms in total. The van der Waals surface area contributed by atoms with Crippen LogP contribution in [0.2, 0.25) is 0 Å². The average Bonchev–Trinajstić information content (AvgIpc) is 4.20. The molecule has 10 rings (SSSR count). The van der Waals surface area contributed by atoms with Crippen molar-refractivity contribution in [3.05, 3.63) is 83.2 Å². The summed E-state index contributed by atoms with van der Waals surface area (Å²) in [5, 5.41) is 40.9. The van der Waals surface area contributed by atoms with Gasteiger partial charge >= 0.3 is 0 Å². The number of aliphatic hydroxyl groups excluding tert-OH is 1. The zero-order valence-corrected chi connectivity index (χ0v) is 40.9. The Morgan fingerprint density at radius 2 is 1.70 bits per heavy atom. The summed E-state index contributed by atoms with van der Waals surface area (Å²) in [4.78, 5) is 45.3. The second-order valence-electron chi connectivity index (χ2n) is 19.9. The number of piperidine rings is 1. The van der Waals surface area contributed by atoms with Crippen molar-refractivity contribution < 1.29 is 29.1 Å². The predicted octanol–water partition coefficient (Wildman–Crippen LogP) is 5.38. The van der Waals surface area contributed by atoms with Crippen LogP contribution in [-0.2, 0) is 9.59 Å². The molecule has 0 radical (unpaired) electrons. The number of phenolic OH excluding ortho intramolecular Hbond substituents is 1. The minimum atomic E-state index is -0.815. The molecule has 3 aromatic heterocycles. The van der Waals surface area contributed by atoms with Crippen LogP contribution in [0.1, 0.15) is 75.4 Å². The van der Waals surface area contributed by atoms with E-state index < -0.39 is 18.1 Å². The number of nitrogens with one attached hydrogen (secondary N) is 2. The number of benzene rings is 2. The Hall–Kier alpha value is -5.66. The minimum absolute atomic E-state index is 0.0666. The first-order valence-corrected chi connectivity index (χ1v) is 25.6. The molecule has 2 aromatic carbocycles. The number of hydrogen-bond donors (Lipinski definition) is 4. The first kappa shape index (κ1) is 47.0. The molecule has 18 heteroatoms. The Morgan fingerprint density at radius 3 is 2.46 bits per heavy atom. The summed E-state index contributed by atoms with van der Waals surface area (Å²) in [5.41, 5.74) is 7.28. The van der Waals surface area contributed by atoms with Crippen LogP contribution < -0.4 is 20.3 Å². The lowest BCUT2D eigenvalue weighted by molar-refractivity contribution is -0.141. The highest BCUT2D eigenvalue weighted by molar-refractivity contribution is 7.13. The van der Waals surface area contributed by atoms with Crippen molar-refractivity contribution in [2.75, 3.05) is 82.3 Å². The summed E-state index contributed by atoms with van der Waals surface area (Å²) in [6.45, 7) is 17.1. The fourth-order valence-electron chi connectivity index (χ4n) is 11.3. The van der Waals surface area contributed by atoms with Gasteiger partial charge in [0.05, 0.1) is 45.7 Å². The summed E-state index contributed by atoms with van der Waals surface area (Å²) < 4.78 is 11.9. The van der Waals surface area contributed by atoms with Crippen molar-refractivity contribution in [3.8, 4) is 33.3 Å². The van der Waals surface area contributed by atoms with Gasteiger partial charge in [-0.1, -0.05) is 50.2 Å². The third-order valence-corrected chi connectivity index (χ3v) is 16.1. The van der Waals surface area contributed by atoms with Gasteiger partial charge in [0.15, 0.2) is 11.6 Å². The number of aryl methyl sites for hydroxylation is 1. The van der Waals surface area contributed by atoms with Crippen molar-refractivity contribution in [2.24, 2.45) is 5.92 Å². The number of hydrogen-bond acceptors (Lipinski definition) is 16. The monoisotopic (exact) mass is 959 g/mol. The quantitative estimate of drug-likeness (QED) is 0.111. The standard InChI is InChI=1S/C51H65N11O6S/c1-31(2)47(51(66)62-29-39(63)23-43(62)50(65)54-32(3)34-9-11-35(12-10-34)48-33(4)53-30-69-48)45-25-46(57-68-45)67-22-21-58-16-13-36(14-17-58)59-18-15-37(27-59)60-19-20-61-38(28-60)26-52-49-42(61)24-41(55-56-49)40-7-5-6-8-44(40)64/h5-12,24-25,30-32,36-39,43,47,63-64H,13-23,26-29H2,1-4H3,(H,52,56)(H,54,65)/t32-,37-,38+,39+,43-,47+/m0/s1. The number of carbonyl (C=O) groups is 2. The van der Waals surface area contributed by atoms with E-state index >= 15 is 0 Å². The van der Waals surface area contributed by atoms with E-state index in [1.807, 2.05) is 75.7 Å². The van der Waals surface area contributed by atoms with Crippen LogP contribution in [-0.4, -0.2) is 164 Å². The van der Waals surface area contributed by atoms with Crippen LogP contribution in [0.3, 0.4) is 0 Å². The lowest BCUT2D eigenvalue weighted by Crippen LogP contribution is -2.60.